The number of carbonyl (C=O) groups is 1. The molecular weight excluding hydrogens is 416 g/mol. The molecule has 0 spiro atoms. The number of thioether (sulfide) groups is 1. The van der Waals surface area contributed by atoms with Gasteiger partial charge in [-0.2, -0.15) is 4.98 Å². The fourth-order valence-electron chi connectivity index (χ4n) is 3.29. The zero-order chi connectivity index (χ0) is 22.4. The lowest BCUT2D eigenvalue weighted by molar-refractivity contribution is -0.138. The number of methoxy groups -OCH3 is 1. The Balaban J connectivity index is 2.10. The number of nitrogens with one attached hydrogen (secondary N) is 1. The van der Waals surface area contributed by atoms with E-state index in [1.165, 1.54) is 11.8 Å². The fraction of sp³-hybridized carbons (Fsp3) is 0.409. The molecule has 1 aliphatic heterocycles. The van der Waals surface area contributed by atoms with Gasteiger partial charge in [-0.25, -0.2) is 9.48 Å². The number of aromatic nitrogens is 3. The van der Waals surface area contributed by atoms with Crippen molar-refractivity contribution >= 4 is 23.7 Å². The van der Waals surface area contributed by atoms with Gasteiger partial charge in [0, 0.05) is 5.70 Å². The number of carbonyl (C=O) groups excluding carboxylic acids is 1. The molecule has 1 aliphatic rings. The van der Waals surface area contributed by atoms with Gasteiger partial charge >= 0.3 is 5.97 Å². The van der Waals surface area contributed by atoms with Crippen molar-refractivity contribution in [3.05, 3.63) is 47.7 Å². The molecule has 1 atom stereocenters. The molecule has 2 heterocycles. The zero-order valence-corrected chi connectivity index (χ0v) is 19.1. The van der Waals surface area contributed by atoms with E-state index in [0.717, 1.165) is 17.7 Å². The van der Waals surface area contributed by atoms with Crippen molar-refractivity contribution in [2.75, 3.05) is 31.4 Å². The summed E-state index contributed by atoms with van der Waals surface area (Å²) in [7, 11) is 1.59. The van der Waals surface area contributed by atoms with Crippen LogP contribution in [0.25, 0.3) is 0 Å². The molecule has 0 fully saturated rings. The molecule has 8 nitrogen and oxygen atoms in total. The number of esters is 1. The first kappa shape index (κ1) is 22.7. The van der Waals surface area contributed by atoms with Gasteiger partial charge in [0.15, 0.2) is 11.5 Å². The number of rotatable bonds is 10. The number of ether oxygens (including phenoxy) is 3. The minimum absolute atomic E-state index is 0.122. The summed E-state index contributed by atoms with van der Waals surface area (Å²) in [5.41, 5.74) is 1.93. The van der Waals surface area contributed by atoms with E-state index >= 15 is 0 Å². The minimum atomic E-state index is -0.526. The average molecular weight is 445 g/mol. The van der Waals surface area contributed by atoms with Crippen LogP contribution in [-0.2, 0) is 9.53 Å². The molecule has 1 aromatic carbocycles. The van der Waals surface area contributed by atoms with Crippen LogP contribution in [-0.4, -0.2) is 46.8 Å². The molecule has 1 unspecified atom stereocenters. The predicted octanol–water partition coefficient (Wildman–Crippen LogP) is 4.21. The Hall–Kier alpha value is -2.94. The van der Waals surface area contributed by atoms with Gasteiger partial charge in [0.25, 0.3) is 0 Å². The topological polar surface area (TPSA) is 87.5 Å². The molecule has 0 bridgehead atoms. The smallest absolute Gasteiger partial charge is 0.338 e. The highest BCUT2D eigenvalue weighted by atomic mass is 32.2. The summed E-state index contributed by atoms with van der Waals surface area (Å²) < 4.78 is 18.4. The van der Waals surface area contributed by atoms with Crippen molar-refractivity contribution in [3.8, 4) is 11.5 Å². The number of anilines is 1. The Morgan fingerprint density at radius 1 is 1.35 bits per heavy atom. The second-order valence-corrected chi connectivity index (χ2v) is 8.04. The van der Waals surface area contributed by atoms with Gasteiger partial charge in [0.2, 0.25) is 11.1 Å². The van der Waals surface area contributed by atoms with Crippen LogP contribution in [0.4, 0.5) is 5.95 Å². The normalized spacial score (nSPS) is 15.2. The molecule has 1 N–H and O–H groups in total. The number of allylic oxidation sites excluding steroid dienone is 1. The maximum absolute atomic E-state index is 13.0. The van der Waals surface area contributed by atoms with Crippen molar-refractivity contribution in [1.82, 2.24) is 14.8 Å². The first-order valence-electron chi connectivity index (χ1n) is 10.2. The average Bonchev–Trinajstić information content (AvgIpc) is 3.17. The van der Waals surface area contributed by atoms with E-state index in [4.69, 9.17) is 14.2 Å². The van der Waals surface area contributed by atoms with E-state index in [9.17, 15) is 4.79 Å². The highest BCUT2D eigenvalue weighted by Gasteiger charge is 2.35. The highest BCUT2D eigenvalue weighted by molar-refractivity contribution is 7.99. The molecule has 0 saturated heterocycles. The summed E-state index contributed by atoms with van der Waals surface area (Å²) in [5, 5.41) is 8.47. The summed E-state index contributed by atoms with van der Waals surface area (Å²) in [5.74, 6) is 2.21. The highest BCUT2D eigenvalue weighted by Crippen LogP contribution is 2.39. The fourth-order valence-corrected chi connectivity index (χ4v) is 3.85. The third-order valence-electron chi connectivity index (χ3n) is 4.62. The van der Waals surface area contributed by atoms with Gasteiger partial charge in [0.1, 0.15) is 12.6 Å². The molecule has 0 aliphatic carbocycles. The van der Waals surface area contributed by atoms with E-state index in [2.05, 4.69) is 22.0 Å². The third kappa shape index (κ3) is 4.87. The lowest BCUT2D eigenvalue weighted by atomic mass is 9.95. The molecule has 3 rings (SSSR count). The quantitative estimate of drug-likeness (QED) is 0.331. The van der Waals surface area contributed by atoms with E-state index in [0.29, 0.717) is 40.5 Å². The molecule has 0 amide bonds. The van der Waals surface area contributed by atoms with Crippen molar-refractivity contribution < 1.29 is 19.0 Å². The van der Waals surface area contributed by atoms with Crippen LogP contribution in [0.2, 0.25) is 0 Å². The van der Waals surface area contributed by atoms with Gasteiger partial charge in [0.05, 0.1) is 19.3 Å². The van der Waals surface area contributed by atoms with Crippen molar-refractivity contribution in [3.63, 3.8) is 0 Å². The second-order valence-electron chi connectivity index (χ2n) is 6.81. The van der Waals surface area contributed by atoms with Gasteiger partial charge < -0.3 is 19.5 Å². The summed E-state index contributed by atoms with van der Waals surface area (Å²) in [6.07, 6.45) is 2.43. The van der Waals surface area contributed by atoms with E-state index < -0.39 is 12.0 Å². The molecule has 1 aromatic heterocycles. The Labute approximate surface area is 186 Å². The Bertz CT molecular complexity index is 986. The van der Waals surface area contributed by atoms with Crippen LogP contribution in [0.15, 0.2) is 47.3 Å². The molecule has 0 saturated carbocycles. The zero-order valence-electron chi connectivity index (χ0n) is 18.3. The van der Waals surface area contributed by atoms with E-state index in [-0.39, 0.29) is 6.61 Å². The van der Waals surface area contributed by atoms with Crippen LogP contribution in [0.3, 0.4) is 0 Å². The Morgan fingerprint density at radius 2 is 2.16 bits per heavy atom. The van der Waals surface area contributed by atoms with Crippen LogP contribution in [0.1, 0.15) is 38.8 Å². The number of fused-ring (bicyclic) bond motifs is 1. The maximum atomic E-state index is 13.0. The number of nitrogens with zero attached hydrogens (tertiary/aromatic N) is 3. The monoisotopic (exact) mass is 444 g/mol. The van der Waals surface area contributed by atoms with Crippen LogP contribution < -0.4 is 14.8 Å². The Kier molecular flexibility index (Phi) is 7.62. The van der Waals surface area contributed by atoms with Crippen molar-refractivity contribution in [2.24, 2.45) is 0 Å². The first-order chi connectivity index (χ1) is 15.0. The Morgan fingerprint density at radius 3 is 2.84 bits per heavy atom. The molecular formula is C22H28N4O4S. The van der Waals surface area contributed by atoms with Crippen molar-refractivity contribution in [1.29, 1.82) is 0 Å². The molecule has 9 heteroatoms. The van der Waals surface area contributed by atoms with Crippen LogP contribution >= 0.6 is 11.8 Å². The molecule has 166 valence electrons. The summed E-state index contributed by atoms with van der Waals surface area (Å²) in [6.45, 7) is 10.2. The van der Waals surface area contributed by atoms with E-state index in [1.54, 1.807) is 17.9 Å². The number of benzene rings is 1. The van der Waals surface area contributed by atoms with Gasteiger partial charge in [-0.3, -0.25) is 0 Å². The van der Waals surface area contributed by atoms with Gasteiger partial charge in [-0.1, -0.05) is 44.3 Å². The predicted molar refractivity (Wildman–Crippen MR) is 121 cm³/mol. The standard InChI is InChI=1S/C22H28N4O4S/c1-6-11-29-16-10-9-15(13-17(16)28-5)19-18(20(27)30-12-7-2)14(4)23-21-24-22(31-8-3)25-26(19)21/h7,9-10,13,19H,2,6,8,11-12H2,1,3-5H3,(H,23,24,25). The van der Waals surface area contributed by atoms with Crippen LogP contribution in [0.5, 0.6) is 11.5 Å². The van der Waals surface area contributed by atoms with Gasteiger partial charge in [-0.05, 0) is 36.8 Å². The molecule has 31 heavy (non-hydrogen) atoms. The summed E-state index contributed by atoms with van der Waals surface area (Å²) in [6, 6.07) is 5.11. The lowest BCUT2D eigenvalue weighted by Crippen LogP contribution is -2.29. The molecule has 0 radical (unpaired) electrons. The maximum Gasteiger partial charge on any atom is 0.338 e. The second kappa shape index (κ2) is 10.4. The largest absolute Gasteiger partial charge is 0.493 e. The summed E-state index contributed by atoms with van der Waals surface area (Å²) >= 11 is 1.53. The number of hydrogen-bond acceptors (Lipinski definition) is 8. The lowest BCUT2D eigenvalue weighted by Gasteiger charge is -2.28. The van der Waals surface area contributed by atoms with E-state index in [1.807, 2.05) is 39.0 Å². The SMILES string of the molecule is C=CCOC(=O)C1=C(C)Nc2nc(SCC)nn2C1c1ccc(OCCC)c(OC)c1. The number of hydrogen-bond donors (Lipinski definition) is 1. The third-order valence-corrected chi connectivity index (χ3v) is 5.34. The van der Waals surface area contributed by atoms with Gasteiger partial charge in [-0.15, -0.1) is 5.10 Å². The van der Waals surface area contributed by atoms with Crippen LogP contribution in [0, 0.1) is 0 Å². The van der Waals surface area contributed by atoms with Crippen molar-refractivity contribution in [2.45, 2.75) is 38.4 Å². The summed E-state index contributed by atoms with van der Waals surface area (Å²) in [4.78, 5) is 17.5. The molecule has 2 aromatic rings. The minimum Gasteiger partial charge on any atom is -0.493 e. The first-order valence-corrected chi connectivity index (χ1v) is 11.2.